The van der Waals surface area contributed by atoms with E-state index in [0.717, 1.165) is 18.8 Å². The van der Waals surface area contributed by atoms with Crippen molar-refractivity contribution in [1.82, 2.24) is 10.1 Å². The SMILES string of the molecule is O=C(CCc1nc(-c2ccc(F)cc2)no1)Nc1ccc(N2CCCCCC2)cc1. The number of halogens is 1. The summed E-state index contributed by atoms with van der Waals surface area (Å²) in [6.45, 7) is 2.19. The zero-order valence-corrected chi connectivity index (χ0v) is 16.8. The molecule has 2 heterocycles. The number of carbonyl (C=O) groups excluding carboxylic acids is 1. The van der Waals surface area contributed by atoms with Crippen molar-refractivity contribution in [2.45, 2.75) is 38.5 Å². The lowest BCUT2D eigenvalue weighted by Crippen LogP contribution is -2.23. The molecule has 7 heteroatoms. The van der Waals surface area contributed by atoms with Crippen LogP contribution in [-0.2, 0) is 11.2 Å². The summed E-state index contributed by atoms with van der Waals surface area (Å²) in [5.41, 5.74) is 2.64. The number of carbonyl (C=O) groups is 1. The Bertz CT molecular complexity index is 962. The van der Waals surface area contributed by atoms with Crippen molar-refractivity contribution in [3.63, 3.8) is 0 Å². The molecule has 1 saturated heterocycles. The third-order valence-electron chi connectivity index (χ3n) is 5.26. The number of aromatic nitrogens is 2. The summed E-state index contributed by atoms with van der Waals surface area (Å²) in [6.07, 6.45) is 5.64. The van der Waals surface area contributed by atoms with Gasteiger partial charge in [-0.1, -0.05) is 18.0 Å². The van der Waals surface area contributed by atoms with Gasteiger partial charge in [0, 0.05) is 42.9 Å². The second-order valence-corrected chi connectivity index (χ2v) is 7.51. The quantitative estimate of drug-likeness (QED) is 0.633. The monoisotopic (exact) mass is 408 g/mol. The van der Waals surface area contributed by atoms with Gasteiger partial charge in [0.1, 0.15) is 5.82 Å². The molecule has 30 heavy (non-hydrogen) atoms. The van der Waals surface area contributed by atoms with Gasteiger partial charge in [-0.2, -0.15) is 4.98 Å². The van der Waals surface area contributed by atoms with Crippen LogP contribution in [0.4, 0.5) is 15.8 Å². The number of rotatable bonds is 6. The highest BCUT2D eigenvalue weighted by Crippen LogP contribution is 2.22. The summed E-state index contributed by atoms with van der Waals surface area (Å²) in [4.78, 5) is 19.0. The van der Waals surface area contributed by atoms with Gasteiger partial charge < -0.3 is 14.7 Å². The molecule has 3 aromatic rings. The molecule has 4 rings (SSSR count). The fraction of sp³-hybridized carbons (Fsp3) is 0.348. The molecular formula is C23H25FN4O2. The van der Waals surface area contributed by atoms with Gasteiger partial charge in [0.2, 0.25) is 17.6 Å². The van der Waals surface area contributed by atoms with Crippen LogP contribution in [0.25, 0.3) is 11.4 Å². The number of hydrogen-bond acceptors (Lipinski definition) is 5. The lowest BCUT2D eigenvalue weighted by molar-refractivity contribution is -0.116. The van der Waals surface area contributed by atoms with Crippen molar-refractivity contribution in [1.29, 1.82) is 0 Å². The standard InChI is InChI=1S/C23H25FN4O2/c24-18-7-5-17(6-8-18)23-26-22(30-27-23)14-13-21(29)25-19-9-11-20(12-10-19)28-15-3-1-2-4-16-28/h5-12H,1-4,13-16H2,(H,25,29). The highest BCUT2D eigenvalue weighted by atomic mass is 19.1. The van der Waals surface area contributed by atoms with Gasteiger partial charge in [0.05, 0.1) is 0 Å². The maximum Gasteiger partial charge on any atom is 0.227 e. The van der Waals surface area contributed by atoms with Gasteiger partial charge in [0.25, 0.3) is 0 Å². The van der Waals surface area contributed by atoms with E-state index in [9.17, 15) is 9.18 Å². The zero-order chi connectivity index (χ0) is 20.8. The Kier molecular flexibility index (Phi) is 6.37. The molecular weight excluding hydrogens is 383 g/mol. The molecule has 0 spiro atoms. The van der Waals surface area contributed by atoms with Crippen molar-refractivity contribution < 1.29 is 13.7 Å². The predicted molar refractivity (Wildman–Crippen MR) is 114 cm³/mol. The number of benzene rings is 2. The van der Waals surface area contributed by atoms with Gasteiger partial charge in [0.15, 0.2) is 0 Å². The molecule has 0 bridgehead atoms. The normalized spacial score (nSPS) is 14.4. The van der Waals surface area contributed by atoms with Crippen LogP contribution in [-0.4, -0.2) is 29.1 Å². The second kappa shape index (κ2) is 9.52. The molecule has 1 fully saturated rings. The van der Waals surface area contributed by atoms with E-state index >= 15 is 0 Å². The molecule has 1 aliphatic heterocycles. The third kappa shape index (κ3) is 5.23. The summed E-state index contributed by atoms with van der Waals surface area (Å²) < 4.78 is 18.2. The number of nitrogens with zero attached hydrogens (tertiary/aromatic N) is 3. The van der Waals surface area contributed by atoms with Crippen molar-refractivity contribution in [3.8, 4) is 11.4 Å². The Morgan fingerprint density at radius 1 is 1.00 bits per heavy atom. The molecule has 6 nitrogen and oxygen atoms in total. The van der Waals surface area contributed by atoms with Gasteiger partial charge >= 0.3 is 0 Å². The summed E-state index contributed by atoms with van der Waals surface area (Å²) in [5, 5.41) is 6.80. The van der Waals surface area contributed by atoms with E-state index in [4.69, 9.17) is 4.52 Å². The molecule has 0 radical (unpaired) electrons. The smallest absolute Gasteiger partial charge is 0.227 e. The Morgan fingerprint density at radius 3 is 2.40 bits per heavy atom. The highest BCUT2D eigenvalue weighted by Gasteiger charge is 2.12. The summed E-state index contributed by atoms with van der Waals surface area (Å²) >= 11 is 0. The molecule has 0 aliphatic carbocycles. The molecule has 0 saturated carbocycles. The second-order valence-electron chi connectivity index (χ2n) is 7.51. The molecule has 1 aliphatic rings. The Labute approximate surface area is 175 Å². The van der Waals surface area contributed by atoms with E-state index in [2.05, 4.69) is 32.5 Å². The minimum atomic E-state index is -0.321. The molecule has 0 unspecified atom stereocenters. The van der Waals surface area contributed by atoms with Gasteiger partial charge in [-0.3, -0.25) is 4.79 Å². The summed E-state index contributed by atoms with van der Waals surface area (Å²) in [6, 6.07) is 13.9. The van der Waals surface area contributed by atoms with Crippen molar-refractivity contribution in [2.75, 3.05) is 23.3 Å². The number of aryl methyl sites for hydroxylation is 1. The van der Waals surface area contributed by atoms with Crippen LogP contribution >= 0.6 is 0 Å². The highest BCUT2D eigenvalue weighted by molar-refractivity contribution is 5.90. The van der Waals surface area contributed by atoms with Crippen LogP contribution in [0.15, 0.2) is 53.1 Å². The van der Waals surface area contributed by atoms with Crippen molar-refractivity contribution in [3.05, 3.63) is 60.2 Å². The Morgan fingerprint density at radius 2 is 1.70 bits per heavy atom. The first kappa shape index (κ1) is 20.1. The van der Waals surface area contributed by atoms with E-state index in [1.807, 2.05) is 12.1 Å². The van der Waals surface area contributed by atoms with E-state index < -0.39 is 0 Å². The lowest BCUT2D eigenvalue weighted by Gasteiger charge is -2.22. The molecule has 156 valence electrons. The summed E-state index contributed by atoms with van der Waals surface area (Å²) in [5.74, 6) is 0.327. The first-order chi connectivity index (χ1) is 14.7. The molecule has 2 aromatic carbocycles. The molecule has 1 aromatic heterocycles. The van der Waals surface area contributed by atoms with E-state index in [1.54, 1.807) is 12.1 Å². The van der Waals surface area contributed by atoms with Gasteiger partial charge in [-0.25, -0.2) is 4.39 Å². The minimum Gasteiger partial charge on any atom is -0.372 e. The maximum atomic E-state index is 13.0. The van der Waals surface area contributed by atoms with Crippen LogP contribution in [0.3, 0.4) is 0 Å². The van der Waals surface area contributed by atoms with Gasteiger partial charge in [-0.05, 0) is 61.4 Å². The average molecular weight is 408 g/mol. The van der Waals surface area contributed by atoms with Crippen LogP contribution in [0.1, 0.15) is 38.0 Å². The number of hydrogen-bond donors (Lipinski definition) is 1. The summed E-state index contributed by atoms with van der Waals surface area (Å²) in [7, 11) is 0. The maximum absolute atomic E-state index is 13.0. The van der Waals surface area contributed by atoms with Crippen LogP contribution in [0, 0.1) is 5.82 Å². The zero-order valence-electron chi connectivity index (χ0n) is 16.8. The largest absolute Gasteiger partial charge is 0.372 e. The van der Waals surface area contributed by atoms with Crippen molar-refractivity contribution in [2.24, 2.45) is 0 Å². The fourth-order valence-electron chi connectivity index (χ4n) is 3.60. The van der Waals surface area contributed by atoms with Crippen molar-refractivity contribution >= 4 is 17.3 Å². The minimum absolute atomic E-state index is 0.112. The number of amides is 1. The van der Waals surface area contributed by atoms with Gasteiger partial charge in [-0.15, -0.1) is 0 Å². The number of anilines is 2. The molecule has 0 atom stereocenters. The number of nitrogens with one attached hydrogen (secondary N) is 1. The van der Waals surface area contributed by atoms with E-state index in [1.165, 1.54) is 43.5 Å². The molecule has 1 amide bonds. The fourth-order valence-corrected chi connectivity index (χ4v) is 3.60. The Balaban J connectivity index is 1.28. The first-order valence-corrected chi connectivity index (χ1v) is 10.4. The average Bonchev–Trinajstić information content (AvgIpc) is 3.07. The predicted octanol–water partition coefficient (Wildman–Crippen LogP) is 4.83. The topological polar surface area (TPSA) is 71.3 Å². The molecule has 1 N–H and O–H groups in total. The lowest BCUT2D eigenvalue weighted by atomic mass is 10.2. The van der Waals surface area contributed by atoms with E-state index in [-0.39, 0.29) is 18.1 Å². The Hall–Kier alpha value is -3.22. The van der Waals surface area contributed by atoms with Crippen LogP contribution in [0.2, 0.25) is 0 Å². The first-order valence-electron chi connectivity index (χ1n) is 10.4. The van der Waals surface area contributed by atoms with Crippen LogP contribution < -0.4 is 10.2 Å². The van der Waals surface area contributed by atoms with Crippen LogP contribution in [0.5, 0.6) is 0 Å². The van der Waals surface area contributed by atoms with E-state index in [0.29, 0.717) is 23.7 Å². The third-order valence-corrected chi connectivity index (χ3v) is 5.26.